The van der Waals surface area contributed by atoms with Gasteiger partial charge in [-0.3, -0.25) is 0 Å². The molecule has 0 bridgehead atoms. The Morgan fingerprint density at radius 3 is 1.19 bits per heavy atom. The Labute approximate surface area is 628 Å². The molecule has 0 N–H and O–H groups in total. The molecule has 0 atom stereocenters. The van der Waals surface area contributed by atoms with Crippen molar-refractivity contribution in [3.63, 3.8) is 0 Å². The lowest BCUT2D eigenvalue weighted by Gasteiger charge is -2.28. The number of hydrogen-bond donors (Lipinski definition) is 0. The number of furan rings is 1. The maximum atomic E-state index is 6.89. The molecule has 17 aromatic carbocycles. The minimum Gasteiger partial charge on any atom is -0.456 e. The van der Waals surface area contributed by atoms with Crippen molar-refractivity contribution >= 4 is 99.2 Å². The second-order valence-electron chi connectivity index (χ2n) is 30.4. The molecule has 0 saturated heterocycles. The summed E-state index contributed by atoms with van der Waals surface area (Å²) < 4.78 is 9.27. The van der Waals surface area contributed by atoms with Gasteiger partial charge in [0.15, 0.2) is 0 Å². The summed E-state index contributed by atoms with van der Waals surface area (Å²) in [5.74, 6) is 0.830. The van der Waals surface area contributed by atoms with Crippen molar-refractivity contribution in [3.05, 3.63) is 392 Å². The van der Waals surface area contributed by atoms with Gasteiger partial charge in [0.05, 0.1) is 11.0 Å². The van der Waals surface area contributed by atoms with Gasteiger partial charge in [0, 0.05) is 72.4 Å². The first-order valence-corrected chi connectivity index (χ1v) is 37.6. The highest BCUT2D eigenvalue weighted by molar-refractivity contribution is 6.26. The van der Waals surface area contributed by atoms with E-state index in [9.17, 15) is 0 Å². The number of para-hydroxylation sites is 2. The van der Waals surface area contributed by atoms with E-state index in [0.717, 1.165) is 78.8 Å². The zero-order valence-corrected chi connectivity index (χ0v) is 60.5. The van der Waals surface area contributed by atoms with Crippen molar-refractivity contribution in [2.75, 3.05) is 9.80 Å². The van der Waals surface area contributed by atoms with Crippen LogP contribution in [0.1, 0.15) is 49.9 Å². The predicted octanol–water partition coefficient (Wildman–Crippen LogP) is 28.9. The van der Waals surface area contributed by atoms with Crippen LogP contribution in [-0.2, 0) is 10.8 Å². The second kappa shape index (κ2) is 24.5. The van der Waals surface area contributed by atoms with Gasteiger partial charge in [-0.25, -0.2) is 0 Å². The van der Waals surface area contributed by atoms with Gasteiger partial charge in [0.25, 0.3) is 0 Å². The van der Waals surface area contributed by atoms with Gasteiger partial charge in [-0.15, -0.1) is 0 Å². The maximum absolute atomic E-state index is 6.89. The highest BCUT2D eigenvalue weighted by atomic mass is 16.3. The number of hydrogen-bond acceptors (Lipinski definition) is 3. The van der Waals surface area contributed by atoms with Crippen molar-refractivity contribution in [1.82, 2.24) is 4.57 Å². The number of rotatable bonds is 12. The lowest BCUT2D eigenvalue weighted by atomic mass is 9.81. The van der Waals surface area contributed by atoms with Crippen molar-refractivity contribution in [2.24, 2.45) is 0 Å². The number of fused-ring (bicyclic) bond motifs is 16. The molecule has 21 rings (SSSR count). The molecular formula is C104H73N3O. The van der Waals surface area contributed by atoms with Crippen LogP contribution < -0.4 is 9.80 Å². The molecule has 108 heavy (non-hydrogen) atoms. The summed E-state index contributed by atoms with van der Waals surface area (Å²) >= 11 is 0. The van der Waals surface area contributed by atoms with Crippen LogP contribution in [0.3, 0.4) is 0 Å². The molecule has 2 heterocycles. The topological polar surface area (TPSA) is 24.6 Å². The quantitative estimate of drug-likeness (QED) is 0.114. The summed E-state index contributed by atoms with van der Waals surface area (Å²) in [6.07, 6.45) is 0. The molecule has 2 aliphatic carbocycles. The maximum Gasteiger partial charge on any atom is 0.135 e. The Kier molecular flexibility index (Phi) is 14.3. The third-order valence-electron chi connectivity index (χ3n) is 23.6. The molecule has 0 unspecified atom stereocenters. The summed E-state index contributed by atoms with van der Waals surface area (Å²) in [6, 6.07) is 137. The van der Waals surface area contributed by atoms with Gasteiger partial charge in [-0.2, -0.15) is 0 Å². The predicted molar refractivity (Wildman–Crippen MR) is 455 cm³/mol. The molecule has 0 fully saturated rings. The average Bonchev–Trinajstić information content (AvgIpc) is 1.55. The molecule has 4 nitrogen and oxygen atoms in total. The molecule has 19 aromatic rings. The smallest absolute Gasteiger partial charge is 0.135 e. The van der Waals surface area contributed by atoms with E-state index < -0.39 is 0 Å². The van der Waals surface area contributed by atoms with Crippen LogP contribution in [0, 0.1) is 0 Å². The Morgan fingerprint density at radius 1 is 0.231 bits per heavy atom. The normalized spacial score (nSPS) is 13.1. The first-order chi connectivity index (χ1) is 53.0. The molecule has 0 amide bonds. The summed E-state index contributed by atoms with van der Waals surface area (Å²) in [6.45, 7) is 9.49. The Hall–Kier alpha value is -13.5. The van der Waals surface area contributed by atoms with Crippen molar-refractivity contribution < 1.29 is 4.42 Å². The van der Waals surface area contributed by atoms with Crippen LogP contribution in [-0.4, -0.2) is 4.57 Å². The Bertz CT molecular complexity index is 6780. The van der Waals surface area contributed by atoms with Crippen molar-refractivity contribution in [3.8, 4) is 83.8 Å². The largest absolute Gasteiger partial charge is 0.456 e. The van der Waals surface area contributed by atoms with E-state index in [1.165, 1.54) is 126 Å². The van der Waals surface area contributed by atoms with E-state index >= 15 is 0 Å². The second-order valence-corrected chi connectivity index (χ2v) is 30.4. The van der Waals surface area contributed by atoms with Crippen LogP contribution in [0.25, 0.3) is 149 Å². The fraction of sp³-hybridized carbons (Fsp3) is 0.0577. The van der Waals surface area contributed by atoms with Gasteiger partial charge in [-0.1, -0.05) is 258 Å². The molecule has 0 radical (unpaired) electrons. The van der Waals surface area contributed by atoms with Gasteiger partial charge >= 0.3 is 0 Å². The van der Waals surface area contributed by atoms with E-state index in [1.54, 1.807) is 0 Å². The van der Waals surface area contributed by atoms with E-state index in [2.05, 4.69) is 412 Å². The van der Waals surface area contributed by atoms with Crippen molar-refractivity contribution in [1.29, 1.82) is 0 Å². The molecule has 0 aliphatic heterocycles. The third kappa shape index (κ3) is 10.1. The first-order valence-electron chi connectivity index (χ1n) is 37.6. The fourth-order valence-corrected chi connectivity index (χ4v) is 18.0. The highest BCUT2D eigenvalue weighted by Gasteiger charge is 2.38. The molecule has 0 spiro atoms. The van der Waals surface area contributed by atoms with Gasteiger partial charge in [0.1, 0.15) is 11.3 Å². The minimum atomic E-state index is -0.298. The summed E-state index contributed by atoms with van der Waals surface area (Å²) in [5.41, 5.74) is 31.3. The minimum absolute atomic E-state index is 0.162. The number of benzene rings is 17. The highest BCUT2D eigenvalue weighted by Crippen LogP contribution is 2.54. The van der Waals surface area contributed by atoms with Crippen LogP contribution in [0.2, 0.25) is 0 Å². The lowest BCUT2D eigenvalue weighted by molar-refractivity contribution is 0.631. The van der Waals surface area contributed by atoms with Crippen LogP contribution >= 0.6 is 0 Å². The Balaban J connectivity index is 0.583. The van der Waals surface area contributed by atoms with E-state index in [4.69, 9.17) is 4.42 Å². The fourth-order valence-electron chi connectivity index (χ4n) is 18.0. The zero-order valence-electron chi connectivity index (χ0n) is 60.5. The SMILES string of the molecule is CC1(C)c2ccccc2-c2ccc(N(c3ccc(-c4ccc5c(c4)c4ccccc4n5-c4ccccc4)cc3)c3ccc(-c4cc5ccc(-c6ccc7c(c6)C(C)(C)c6cc(N(c8ccc(-c9ccccc9)cc8)c8ccc(-c9ccc%10c%11ccccc%11c%11ccccc%11c%10c9)cc8)ccc6-7)cc5o4)cc3)cc21. The monoisotopic (exact) mass is 1380 g/mol. The third-order valence-corrected chi connectivity index (χ3v) is 23.6. The summed E-state index contributed by atoms with van der Waals surface area (Å²) in [5, 5.41) is 11.2. The summed E-state index contributed by atoms with van der Waals surface area (Å²) in [4.78, 5) is 4.82. The van der Waals surface area contributed by atoms with Gasteiger partial charge in [0.2, 0.25) is 0 Å². The molecule has 2 aromatic heterocycles. The number of anilines is 6. The zero-order chi connectivity index (χ0) is 71.9. The molecule has 2 aliphatic rings. The molecule has 0 saturated carbocycles. The molecular weight excluding hydrogens is 1310 g/mol. The first kappa shape index (κ1) is 63.0. The molecule has 4 heteroatoms. The van der Waals surface area contributed by atoms with E-state index in [0.29, 0.717) is 0 Å². The van der Waals surface area contributed by atoms with Crippen molar-refractivity contribution in [2.45, 2.75) is 38.5 Å². The van der Waals surface area contributed by atoms with Crippen LogP contribution in [0.15, 0.2) is 374 Å². The van der Waals surface area contributed by atoms with Crippen LogP contribution in [0.5, 0.6) is 0 Å². The number of nitrogens with zero attached hydrogens (tertiary/aromatic N) is 3. The summed E-state index contributed by atoms with van der Waals surface area (Å²) in [7, 11) is 0. The Morgan fingerprint density at radius 2 is 0.602 bits per heavy atom. The lowest BCUT2D eigenvalue weighted by Crippen LogP contribution is -2.16. The molecule has 510 valence electrons. The van der Waals surface area contributed by atoms with Gasteiger partial charge < -0.3 is 18.8 Å². The van der Waals surface area contributed by atoms with Gasteiger partial charge in [-0.05, 0) is 261 Å². The van der Waals surface area contributed by atoms with E-state index in [1.807, 2.05) is 0 Å². The standard InChI is InChI=1S/C104H73N3O/c1-103(2)95-29-17-15-27-88(95)90-56-52-81(64-97(90)103)106(79-48-37-69(38-49-79)72-43-58-100-94(60-72)92-28-16-18-30-99(92)107(100)76-21-9-6-10-22-76)80-50-39-70(40-51-80)101-63-75-32-31-74(62-102(75)108-101)73-42-55-89-91-57-53-82(65-98(91)104(3,4)96(89)61-73)105(77-44-33-67(34-45-77)66-19-7-5-8-20-66)78-46-35-68(36-47-78)71-41-54-87-85-25-12-11-23-83(85)84-24-13-14-26-86(84)93(87)59-71/h5-65H,1-4H3. The van der Waals surface area contributed by atoms with E-state index in [-0.39, 0.29) is 10.8 Å². The number of aromatic nitrogens is 1. The van der Waals surface area contributed by atoms with Crippen LogP contribution in [0.4, 0.5) is 34.1 Å². The average molecular weight is 1380 g/mol.